The number of halogens is 2. The highest BCUT2D eigenvalue weighted by Gasteiger charge is 2.15. The van der Waals surface area contributed by atoms with Gasteiger partial charge in [0.25, 0.3) is 0 Å². The Morgan fingerprint density at radius 2 is 1.68 bits per heavy atom. The Morgan fingerprint density at radius 3 is 2.37 bits per heavy atom. The van der Waals surface area contributed by atoms with Gasteiger partial charge in [-0.2, -0.15) is 0 Å². The first-order valence-corrected chi connectivity index (χ1v) is 6.98. The van der Waals surface area contributed by atoms with Crippen LogP contribution in [0.2, 0.25) is 0 Å². The molecule has 1 atom stereocenters. The molecule has 1 aromatic heterocycles. The largest absolute Gasteiger partial charge is 0.323 e. The summed E-state index contributed by atoms with van der Waals surface area (Å²) in [5.74, 6) is 0. The molecule has 96 valence electrons. The molecule has 0 aliphatic rings. The van der Waals surface area contributed by atoms with Gasteiger partial charge in [0.05, 0.1) is 16.4 Å². The molecule has 0 radical (unpaired) electrons. The Balaban J connectivity index is 2.14. The van der Waals surface area contributed by atoms with Crippen molar-refractivity contribution in [2.24, 2.45) is 0 Å². The minimum atomic E-state index is -0.265. The molecule has 3 rings (SSSR count). The smallest absolute Gasteiger partial charge is 0.306 e. The Morgan fingerprint density at radius 1 is 1.05 bits per heavy atom. The zero-order chi connectivity index (χ0) is 13.4. The zero-order valence-electron chi connectivity index (χ0n) is 9.78. The first kappa shape index (κ1) is 12.5. The van der Waals surface area contributed by atoms with Gasteiger partial charge in [-0.3, -0.25) is 0 Å². The van der Waals surface area contributed by atoms with E-state index in [1.54, 1.807) is 0 Å². The van der Waals surface area contributed by atoms with Crippen LogP contribution in [0.5, 0.6) is 0 Å². The van der Waals surface area contributed by atoms with Crippen LogP contribution in [0.15, 0.2) is 51.7 Å². The van der Waals surface area contributed by atoms with E-state index in [9.17, 15) is 4.79 Å². The number of rotatable bonds is 2. The highest BCUT2D eigenvalue weighted by Crippen LogP contribution is 2.35. The molecule has 3 nitrogen and oxygen atoms in total. The van der Waals surface area contributed by atoms with Crippen LogP contribution in [0.25, 0.3) is 11.0 Å². The molecule has 5 heteroatoms. The van der Waals surface area contributed by atoms with Gasteiger partial charge in [-0.1, -0.05) is 46.3 Å². The number of hydrogen-bond acceptors (Lipinski definition) is 1. The van der Waals surface area contributed by atoms with E-state index in [0.29, 0.717) is 0 Å². The maximum absolute atomic E-state index is 11.3. The maximum atomic E-state index is 11.3. The molecular formula is C14H10BrClN2O. The second-order valence-corrected chi connectivity index (χ2v) is 5.56. The molecular weight excluding hydrogens is 328 g/mol. The van der Waals surface area contributed by atoms with E-state index in [4.69, 9.17) is 11.6 Å². The number of nitrogens with one attached hydrogen (secondary N) is 2. The maximum Gasteiger partial charge on any atom is 0.323 e. The van der Waals surface area contributed by atoms with Crippen LogP contribution in [0.3, 0.4) is 0 Å². The molecule has 0 aliphatic heterocycles. The van der Waals surface area contributed by atoms with Crippen LogP contribution < -0.4 is 5.69 Å². The topological polar surface area (TPSA) is 48.6 Å². The monoisotopic (exact) mass is 336 g/mol. The lowest BCUT2D eigenvalue weighted by atomic mass is 10.0. The van der Waals surface area contributed by atoms with Crippen LogP contribution in [-0.4, -0.2) is 9.97 Å². The van der Waals surface area contributed by atoms with Gasteiger partial charge in [-0.25, -0.2) is 4.79 Å². The highest BCUT2D eigenvalue weighted by molar-refractivity contribution is 9.10. The number of aromatic amines is 2. The molecule has 0 saturated heterocycles. The molecule has 0 bridgehead atoms. The van der Waals surface area contributed by atoms with E-state index < -0.39 is 0 Å². The lowest BCUT2D eigenvalue weighted by Crippen LogP contribution is -1.99. The van der Waals surface area contributed by atoms with E-state index >= 15 is 0 Å². The van der Waals surface area contributed by atoms with E-state index in [-0.39, 0.29) is 11.1 Å². The Hall–Kier alpha value is -1.52. The number of hydrogen-bond donors (Lipinski definition) is 2. The summed E-state index contributed by atoms with van der Waals surface area (Å²) in [6, 6.07) is 13.6. The van der Waals surface area contributed by atoms with Crippen LogP contribution in [0.4, 0.5) is 0 Å². The van der Waals surface area contributed by atoms with E-state index in [0.717, 1.165) is 26.6 Å². The van der Waals surface area contributed by atoms with Gasteiger partial charge in [0.15, 0.2) is 0 Å². The summed E-state index contributed by atoms with van der Waals surface area (Å²) in [6.45, 7) is 0. The van der Waals surface area contributed by atoms with Gasteiger partial charge < -0.3 is 9.97 Å². The van der Waals surface area contributed by atoms with E-state index in [1.165, 1.54) is 0 Å². The van der Waals surface area contributed by atoms with E-state index in [2.05, 4.69) is 25.9 Å². The number of H-pyrrole nitrogens is 2. The number of fused-ring (bicyclic) bond motifs is 1. The Bertz CT molecular complexity index is 779. The summed E-state index contributed by atoms with van der Waals surface area (Å²) < 4.78 is 0.874. The third-order valence-electron chi connectivity index (χ3n) is 3.00. The lowest BCUT2D eigenvalue weighted by Gasteiger charge is -2.12. The Kier molecular flexibility index (Phi) is 3.21. The van der Waals surface area contributed by atoms with Crippen molar-refractivity contribution >= 4 is 38.6 Å². The zero-order valence-corrected chi connectivity index (χ0v) is 12.1. The predicted octanol–water partition coefficient (Wildman–Crippen LogP) is 3.95. The van der Waals surface area contributed by atoms with Crippen molar-refractivity contribution in [1.82, 2.24) is 9.97 Å². The molecule has 0 aliphatic carbocycles. The van der Waals surface area contributed by atoms with Gasteiger partial charge in [0.2, 0.25) is 0 Å². The molecule has 19 heavy (non-hydrogen) atoms. The fourth-order valence-electron chi connectivity index (χ4n) is 2.07. The van der Waals surface area contributed by atoms with Crippen molar-refractivity contribution in [1.29, 1.82) is 0 Å². The summed E-state index contributed by atoms with van der Waals surface area (Å²) >= 11 is 10.0. The SMILES string of the molecule is O=c1[nH]c2cc(Br)c(C(Cl)c3ccccc3)cc2[nH]1. The van der Waals surface area contributed by atoms with Gasteiger partial charge in [0, 0.05) is 4.47 Å². The first-order chi connectivity index (χ1) is 9.15. The first-order valence-electron chi connectivity index (χ1n) is 5.75. The fraction of sp³-hybridized carbons (Fsp3) is 0.0714. The fourth-order valence-corrected chi connectivity index (χ4v) is 3.10. The van der Waals surface area contributed by atoms with Gasteiger partial charge in [-0.15, -0.1) is 11.6 Å². The summed E-state index contributed by atoms with van der Waals surface area (Å²) in [7, 11) is 0. The second kappa shape index (κ2) is 4.87. The number of aromatic nitrogens is 2. The Labute approximate surface area is 122 Å². The van der Waals surface area contributed by atoms with Crippen molar-refractivity contribution in [2.75, 3.05) is 0 Å². The minimum absolute atomic E-state index is 0.218. The van der Waals surface area contributed by atoms with Gasteiger partial charge >= 0.3 is 5.69 Å². The quantitative estimate of drug-likeness (QED) is 0.684. The van der Waals surface area contributed by atoms with Crippen molar-refractivity contribution in [3.05, 3.63) is 68.5 Å². The molecule has 3 aromatic rings. The minimum Gasteiger partial charge on any atom is -0.306 e. The van der Waals surface area contributed by atoms with Gasteiger partial charge in [0.1, 0.15) is 0 Å². The summed E-state index contributed by atoms with van der Waals surface area (Å²) in [5, 5.41) is -0.265. The van der Waals surface area contributed by atoms with Crippen LogP contribution >= 0.6 is 27.5 Å². The molecule has 0 fully saturated rings. The van der Waals surface area contributed by atoms with Crippen molar-refractivity contribution < 1.29 is 0 Å². The van der Waals surface area contributed by atoms with Crippen LogP contribution in [0.1, 0.15) is 16.5 Å². The number of benzene rings is 2. The van der Waals surface area contributed by atoms with Crippen LogP contribution in [-0.2, 0) is 0 Å². The molecule has 2 aromatic carbocycles. The normalized spacial score (nSPS) is 12.7. The lowest BCUT2D eigenvalue weighted by molar-refractivity contribution is 1.13. The second-order valence-electron chi connectivity index (χ2n) is 4.27. The van der Waals surface area contributed by atoms with Crippen molar-refractivity contribution in [3.63, 3.8) is 0 Å². The van der Waals surface area contributed by atoms with E-state index in [1.807, 2.05) is 42.5 Å². The molecule has 0 spiro atoms. The highest BCUT2D eigenvalue weighted by atomic mass is 79.9. The van der Waals surface area contributed by atoms with Gasteiger partial charge in [-0.05, 0) is 23.3 Å². The average molecular weight is 338 g/mol. The molecule has 0 amide bonds. The third-order valence-corrected chi connectivity index (χ3v) is 4.17. The number of imidazole rings is 1. The molecule has 1 heterocycles. The molecule has 0 saturated carbocycles. The predicted molar refractivity (Wildman–Crippen MR) is 80.8 cm³/mol. The van der Waals surface area contributed by atoms with Crippen molar-refractivity contribution in [2.45, 2.75) is 5.38 Å². The summed E-state index contributed by atoms with van der Waals surface area (Å²) in [6.07, 6.45) is 0. The summed E-state index contributed by atoms with van der Waals surface area (Å²) in [5.41, 5.74) is 3.24. The van der Waals surface area contributed by atoms with Crippen molar-refractivity contribution in [3.8, 4) is 0 Å². The molecule has 1 unspecified atom stereocenters. The standard InChI is InChI=1S/C14H10BrClN2O/c15-10-7-12-11(17-14(19)18-12)6-9(10)13(16)8-4-2-1-3-5-8/h1-7,13H,(H2,17,18,19). The molecule has 2 N–H and O–H groups in total. The van der Waals surface area contributed by atoms with Crippen LogP contribution in [0, 0.1) is 0 Å². The third kappa shape index (κ3) is 2.33. The number of alkyl halides is 1. The average Bonchev–Trinajstić information content (AvgIpc) is 2.77. The summed E-state index contributed by atoms with van der Waals surface area (Å²) in [4.78, 5) is 16.8.